The summed E-state index contributed by atoms with van der Waals surface area (Å²) >= 11 is 0. The SMILES string of the molecule is CC(=O)C(O)(C1CCC1)C(F)(F)F. The van der Waals surface area contributed by atoms with E-state index in [9.17, 15) is 23.1 Å². The molecular weight excluding hydrogens is 185 g/mol. The molecule has 0 aliphatic heterocycles. The number of ketones is 1. The summed E-state index contributed by atoms with van der Waals surface area (Å²) < 4.78 is 37.1. The Morgan fingerprint density at radius 1 is 1.38 bits per heavy atom. The van der Waals surface area contributed by atoms with Gasteiger partial charge >= 0.3 is 6.18 Å². The third kappa shape index (κ3) is 1.45. The first-order valence-corrected chi connectivity index (χ1v) is 4.10. The van der Waals surface area contributed by atoms with Crippen molar-refractivity contribution >= 4 is 5.78 Å². The lowest BCUT2D eigenvalue weighted by Gasteiger charge is -2.40. The van der Waals surface area contributed by atoms with Gasteiger partial charge in [0.2, 0.25) is 5.60 Å². The van der Waals surface area contributed by atoms with Crippen LogP contribution in [0.25, 0.3) is 0 Å². The second kappa shape index (κ2) is 2.97. The molecule has 1 aliphatic rings. The van der Waals surface area contributed by atoms with Gasteiger partial charge < -0.3 is 5.11 Å². The zero-order chi connectivity index (χ0) is 10.3. The monoisotopic (exact) mass is 196 g/mol. The molecule has 1 unspecified atom stereocenters. The highest BCUT2D eigenvalue weighted by Crippen LogP contribution is 2.45. The summed E-state index contributed by atoms with van der Waals surface area (Å²) in [6.07, 6.45) is -3.65. The van der Waals surface area contributed by atoms with Crippen molar-refractivity contribution in [3.8, 4) is 0 Å². The van der Waals surface area contributed by atoms with Crippen LogP contribution in [0.4, 0.5) is 13.2 Å². The minimum absolute atomic E-state index is 0.273. The van der Waals surface area contributed by atoms with Gasteiger partial charge in [0, 0.05) is 5.92 Å². The van der Waals surface area contributed by atoms with Crippen LogP contribution in [-0.2, 0) is 4.79 Å². The number of rotatable bonds is 2. The Bertz CT molecular complexity index is 220. The number of Topliss-reactive ketones (excluding diaryl/α,β-unsaturated/α-hetero) is 1. The van der Waals surface area contributed by atoms with Crippen LogP contribution < -0.4 is 0 Å². The molecule has 5 heteroatoms. The smallest absolute Gasteiger partial charge is 0.374 e. The molecule has 1 N–H and O–H groups in total. The molecule has 13 heavy (non-hydrogen) atoms. The predicted molar refractivity (Wildman–Crippen MR) is 39.0 cm³/mol. The minimum atomic E-state index is -4.84. The molecule has 0 spiro atoms. The van der Waals surface area contributed by atoms with Gasteiger partial charge in [0.05, 0.1) is 0 Å². The average Bonchev–Trinajstić information content (AvgIpc) is 1.79. The number of alkyl halides is 3. The van der Waals surface area contributed by atoms with E-state index in [1.165, 1.54) is 0 Å². The molecular formula is C8H11F3O2. The van der Waals surface area contributed by atoms with Gasteiger partial charge in [-0.1, -0.05) is 6.42 Å². The van der Waals surface area contributed by atoms with Crippen LogP contribution >= 0.6 is 0 Å². The van der Waals surface area contributed by atoms with E-state index in [2.05, 4.69) is 0 Å². The Morgan fingerprint density at radius 3 is 1.92 bits per heavy atom. The predicted octanol–water partition coefficient (Wildman–Crippen LogP) is 1.67. The number of carbonyl (C=O) groups is 1. The summed E-state index contributed by atoms with van der Waals surface area (Å²) in [7, 11) is 0. The van der Waals surface area contributed by atoms with Crippen molar-refractivity contribution in [2.75, 3.05) is 0 Å². The zero-order valence-electron chi connectivity index (χ0n) is 7.19. The molecule has 0 radical (unpaired) electrons. The van der Waals surface area contributed by atoms with Gasteiger partial charge in [-0.3, -0.25) is 4.79 Å². The molecule has 1 atom stereocenters. The number of carbonyl (C=O) groups excluding carboxylic acids is 1. The van der Waals surface area contributed by atoms with Gasteiger partial charge in [0.1, 0.15) is 0 Å². The molecule has 0 heterocycles. The Kier molecular flexibility index (Phi) is 2.40. The number of hydrogen-bond acceptors (Lipinski definition) is 2. The van der Waals surface area contributed by atoms with Crippen molar-refractivity contribution < 1.29 is 23.1 Å². The molecule has 76 valence electrons. The van der Waals surface area contributed by atoms with E-state index in [-0.39, 0.29) is 12.8 Å². The fourth-order valence-corrected chi connectivity index (χ4v) is 1.54. The van der Waals surface area contributed by atoms with E-state index in [1.54, 1.807) is 0 Å². The fraction of sp³-hybridized carbons (Fsp3) is 0.875. The molecule has 0 aromatic heterocycles. The summed E-state index contributed by atoms with van der Waals surface area (Å²) in [6.45, 7) is 0.784. The molecule has 0 saturated heterocycles. The van der Waals surface area contributed by atoms with Crippen molar-refractivity contribution in [2.45, 2.75) is 38.0 Å². The lowest BCUT2D eigenvalue weighted by Crippen LogP contribution is -2.58. The van der Waals surface area contributed by atoms with Crippen molar-refractivity contribution in [2.24, 2.45) is 5.92 Å². The maximum absolute atomic E-state index is 12.4. The molecule has 0 amide bonds. The van der Waals surface area contributed by atoms with Crippen LogP contribution in [0.2, 0.25) is 0 Å². The van der Waals surface area contributed by atoms with Crippen LogP contribution in [0, 0.1) is 5.92 Å². The highest BCUT2D eigenvalue weighted by Gasteiger charge is 2.62. The van der Waals surface area contributed by atoms with Crippen LogP contribution in [0.1, 0.15) is 26.2 Å². The second-order valence-corrected chi connectivity index (χ2v) is 3.45. The second-order valence-electron chi connectivity index (χ2n) is 3.45. The average molecular weight is 196 g/mol. The highest BCUT2D eigenvalue weighted by atomic mass is 19.4. The quantitative estimate of drug-likeness (QED) is 0.729. The molecule has 1 saturated carbocycles. The maximum atomic E-state index is 12.4. The van der Waals surface area contributed by atoms with E-state index in [0.717, 1.165) is 6.92 Å². The van der Waals surface area contributed by atoms with Gasteiger partial charge in [-0.25, -0.2) is 0 Å². The number of halogens is 3. The molecule has 0 aromatic carbocycles. The zero-order valence-corrected chi connectivity index (χ0v) is 7.19. The van der Waals surface area contributed by atoms with Gasteiger partial charge in [0.25, 0.3) is 0 Å². The molecule has 0 bridgehead atoms. The van der Waals surface area contributed by atoms with Crippen molar-refractivity contribution in [1.29, 1.82) is 0 Å². The largest absolute Gasteiger partial charge is 0.424 e. The van der Waals surface area contributed by atoms with Crippen LogP contribution in [0.15, 0.2) is 0 Å². The number of hydrogen-bond donors (Lipinski definition) is 1. The van der Waals surface area contributed by atoms with Gasteiger partial charge in [0.15, 0.2) is 5.78 Å². The minimum Gasteiger partial charge on any atom is -0.374 e. The summed E-state index contributed by atoms with van der Waals surface area (Å²) in [5, 5.41) is 9.27. The van der Waals surface area contributed by atoms with Crippen LogP contribution in [0.5, 0.6) is 0 Å². The Balaban J connectivity index is 2.93. The first-order valence-electron chi connectivity index (χ1n) is 4.10. The standard InChI is InChI=1S/C8H11F3O2/c1-5(12)7(13,8(9,10)11)6-3-2-4-6/h6,13H,2-4H2,1H3. The Hall–Kier alpha value is -0.580. The van der Waals surface area contributed by atoms with Crippen LogP contribution in [0.3, 0.4) is 0 Å². The summed E-state index contributed by atoms with van der Waals surface area (Å²) in [5.41, 5.74) is -3.11. The van der Waals surface area contributed by atoms with Gasteiger partial charge in [-0.05, 0) is 19.8 Å². The highest BCUT2D eigenvalue weighted by molar-refractivity contribution is 5.86. The van der Waals surface area contributed by atoms with E-state index in [1.807, 2.05) is 0 Å². The van der Waals surface area contributed by atoms with Gasteiger partial charge in [-0.15, -0.1) is 0 Å². The summed E-state index contributed by atoms with van der Waals surface area (Å²) in [6, 6.07) is 0. The molecule has 2 nitrogen and oxygen atoms in total. The van der Waals surface area contributed by atoms with Gasteiger partial charge in [-0.2, -0.15) is 13.2 Å². The normalized spacial score (nSPS) is 23.5. The Morgan fingerprint density at radius 2 is 1.85 bits per heavy atom. The van der Waals surface area contributed by atoms with E-state index >= 15 is 0 Å². The van der Waals surface area contributed by atoms with Crippen molar-refractivity contribution in [3.05, 3.63) is 0 Å². The van der Waals surface area contributed by atoms with Crippen molar-refractivity contribution in [1.82, 2.24) is 0 Å². The lowest BCUT2D eigenvalue weighted by molar-refractivity contribution is -0.273. The fourth-order valence-electron chi connectivity index (χ4n) is 1.54. The van der Waals surface area contributed by atoms with Crippen LogP contribution in [-0.4, -0.2) is 22.7 Å². The summed E-state index contributed by atoms with van der Waals surface area (Å²) in [4.78, 5) is 10.8. The van der Waals surface area contributed by atoms with E-state index < -0.39 is 23.5 Å². The third-order valence-corrected chi connectivity index (χ3v) is 2.66. The number of aliphatic hydroxyl groups is 1. The van der Waals surface area contributed by atoms with Crippen molar-refractivity contribution in [3.63, 3.8) is 0 Å². The van der Waals surface area contributed by atoms with E-state index in [0.29, 0.717) is 6.42 Å². The first kappa shape index (κ1) is 10.5. The topological polar surface area (TPSA) is 37.3 Å². The molecule has 0 aromatic rings. The molecule has 1 rings (SSSR count). The lowest BCUT2D eigenvalue weighted by atomic mass is 9.70. The summed E-state index contributed by atoms with van der Waals surface area (Å²) in [5.74, 6) is -2.14. The Labute approximate surface area is 73.7 Å². The first-order chi connectivity index (χ1) is 5.80. The molecule has 1 fully saturated rings. The maximum Gasteiger partial charge on any atom is 0.424 e. The van der Waals surface area contributed by atoms with E-state index in [4.69, 9.17) is 0 Å². The molecule has 1 aliphatic carbocycles. The third-order valence-electron chi connectivity index (χ3n) is 2.66.